The van der Waals surface area contributed by atoms with Crippen molar-refractivity contribution in [2.45, 2.75) is 38.3 Å². The SMILES string of the molecule is Fc1ccc(F)c(C2c3nnnn3CCN2Cc2cccs2)c1.c1ccc(C2c3nnnn3CCN2Cc2cccs2)cc1. The fourth-order valence-corrected chi connectivity index (χ4v) is 7.22. The van der Waals surface area contributed by atoms with Crippen molar-refractivity contribution in [3.8, 4) is 0 Å². The van der Waals surface area contributed by atoms with Gasteiger partial charge in [-0.1, -0.05) is 42.5 Å². The van der Waals surface area contributed by atoms with Crippen LogP contribution >= 0.6 is 22.7 Å². The van der Waals surface area contributed by atoms with Crippen LogP contribution in [0.15, 0.2) is 83.6 Å². The van der Waals surface area contributed by atoms with E-state index in [0.717, 1.165) is 42.5 Å². The molecule has 0 N–H and O–H groups in total. The van der Waals surface area contributed by atoms with Crippen LogP contribution in [0.25, 0.3) is 0 Å². The van der Waals surface area contributed by atoms with Gasteiger partial charge in [-0.3, -0.25) is 9.80 Å². The molecule has 0 saturated carbocycles. The lowest BCUT2D eigenvalue weighted by molar-refractivity contribution is 0.162. The highest BCUT2D eigenvalue weighted by molar-refractivity contribution is 7.10. The molecule has 0 radical (unpaired) electrons. The molecule has 0 amide bonds. The highest BCUT2D eigenvalue weighted by atomic mass is 32.1. The summed E-state index contributed by atoms with van der Waals surface area (Å²) in [5, 5.41) is 28.0. The van der Waals surface area contributed by atoms with Gasteiger partial charge in [-0.2, -0.15) is 0 Å². The molecule has 0 bridgehead atoms. The fraction of sp³-hybridized carbons (Fsp3) is 0.267. The highest BCUT2D eigenvalue weighted by Gasteiger charge is 2.34. The van der Waals surface area contributed by atoms with Crippen molar-refractivity contribution in [1.82, 2.24) is 50.2 Å². The van der Waals surface area contributed by atoms with Crippen LogP contribution in [0.5, 0.6) is 0 Å². The van der Waals surface area contributed by atoms with Gasteiger partial charge in [-0.25, -0.2) is 18.1 Å². The monoisotopic (exact) mass is 630 g/mol. The smallest absolute Gasteiger partial charge is 0.173 e. The summed E-state index contributed by atoms with van der Waals surface area (Å²) in [6, 6.07) is 21.9. The first-order valence-corrected chi connectivity index (χ1v) is 15.9. The minimum absolute atomic E-state index is 0.122. The summed E-state index contributed by atoms with van der Waals surface area (Å²) >= 11 is 3.43. The second kappa shape index (κ2) is 12.8. The lowest BCUT2D eigenvalue weighted by atomic mass is 10.0. The minimum atomic E-state index is -0.503. The van der Waals surface area contributed by atoms with Crippen molar-refractivity contribution in [3.63, 3.8) is 0 Å². The van der Waals surface area contributed by atoms with E-state index in [2.05, 4.69) is 82.6 Å². The van der Waals surface area contributed by atoms with Crippen molar-refractivity contribution in [1.29, 1.82) is 0 Å². The molecule has 14 heteroatoms. The maximum Gasteiger partial charge on any atom is 0.173 e. The van der Waals surface area contributed by atoms with E-state index < -0.39 is 17.7 Å². The molecule has 0 spiro atoms. The second-order valence-corrected chi connectivity index (χ2v) is 12.6. The van der Waals surface area contributed by atoms with Crippen LogP contribution in [0, 0.1) is 11.6 Å². The zero-order valence-corrected chi connectivity index (χ0v) is 25.2. The number of fused-ring (bicyclic) bond motifs is 2. The summed E-state index contributed by atoms with van der Waals surface area (Å²) in [7, 11) is 0. The van der Waals surface area contributed by atoms with E-state index in [0.29, 0.717) is 25.5 Å². The summed E-state index contributed by atoms with van der Waals surface area (Å²) in [5.74, 6) is 0.549. The molecule has 6 heterocycles. The average Bonchev–Trinajstić information content (AvgIpc) is 3.88. The highest BCUT2D eigenvalue weighted by Crippen LogP contribution is 2.34. The minimum Gasteiger partial charge on any atom is -0.283 e. The predicted octanol–water partition coefficient (Wildman–Crippen LogP) is 4.96. The normalized spacial score (nSPS) is 18.3. The number of aromatic nitrogens is 8. The van der Waals surface area contributed by atoms with Crippen molar-refractivity contribution in [2.75, 3.05) is 13.1 Å². The number of thiophene rings is 2. The molecular formula is C30H28F2N10S2. The maximum absolute atomic E-state index is 14.3. The Labute approximate surface area is 260 Å². The lowest BCUT2D eigenvalue weighted by Crippen LogP contribution is -2.39. The molecule has 10 nitrogen and oxygen atoms in total. The lowest BCUT2D eigenvalue weighted by Gasteiger charge is -2.34. The Hall–Kier alpha value is -4.24. The topological polar surface area (TPSA) is 93.7 Å². The molecule has 2 atom stereocenters. The van der Waals surface area contributed by atoms with Crippen LogP contribution in [0.4, 0.5) is 8.78 Å². The number of hydrogen-bond acceptors (Lipinski definition) is 10. The van der Waals surface area contributed by atoms with Gasteiger partial charge in [0.15, 0.2) is 11.6 Å². The van der Waals surface area contributed by atoms with Gasteiger partial charge in [-0.15, -0.1) is 32.9 Å². The van der Waals surface area contributed by atoms with E-state index in [9.17, 15) is 8.78 Å². The Morgan fingerprint density at radius 2 is 1.25 bits per heavy atom. The molecule has 2 unspecified atom stereocenters. The summed E-state index contributed by atoms with van der Waals surface area (Å²) in [6.07, 6.45) is 0. The fourth-order valence-electron chi connectivity index (χ4n) is 5.77. The Kier molecular flexibility index (Phi) is 8.29. The zero-order valence-electron chi connectivity index (χ0n) is 23.5. The van der Waals surface area contributed by atoms with Gasteiger partial charge in [0.2, 0.25) is 0 Å². The molecule has 44 heavy (non-hydrogen) atoms. The van der Waals surface area contributed by atoms with Gasteiger partial charge in [0, 0.05) is 41.5 Å². The van der Waals surface area contributed by atoms with Gasteiger partial charge in [0.25, 0.3) is 0 Å². The van der Waals surface area contributed by atoms with Gasteiger partial charge in [0.05, 0.1) is 19.1 Å². The van der Waals surface area contributed by atoms with Crippen LogP contribution in [-0.2, 0) is 26.2 Å². The Balaban J connectivity index is 0.000000143. The molecule has 0 saturated heterocycles. The van der Waals surface area contributed by atoms with Gasteiger partial charge in [-0.05, 0) is 67.5 Å². The number of benzene rings is 2. The first-order chi connectivity index (χ1) is 21.6. The Morgan fingerprint density at radius 3 is 1.84 bits per heavy atom. The summed E-state index contributed by atoms with van der Waals surface area (Å²) < 4.78 is 31.6. The Morgan fingerprint density at radius 1 is 0.659 bits per heavy atom. The second-order valence-electron chi connectivity index (χ2n) is 10.5. The van der Waals surface area contributed by atoms with E-state index in [4.69, 9.17) is 0 Å². The van der Waals surface area contributed by atoms with Crippen molar-refractivity contribution in [2.24, 2.45) is 0 Å². The third-order valence-electron chi connectivity index (χ3n) is 7.78. The first kappa shape index (κ1) is 28.5. The third kappa shape index (κ3) is 5.93. The van der Waals surface area contributed by atoms with Crippen LogP contribution in [0.1, 0.15) is 44.6 Å². The van der Waals surface area contributed by atoms with Gasteiger partial charge >= 0.3 is 0 Å². The molecule has 224 valence electrons. The average molecular weight is 631 g/mol. The van der Waals surface area contributed by atoms with Crippen molar-refractivity contribution < 1.29 is 8.78 Å². The maximum atomic E-state index is 14.3. The molecule has 0 fully saturated rings. The van der Waals surface area contributed by atoms with Crippen LogP contribution in [0.3, 0.4) is 0 Å². The number of halogens is 2. The number of tetrazole rings is 2. The molecule has 8 rings (SSSR count). The molecule has 0 aliphatic carbocycles. The quantitative estimate of drug-likeness (QED) is 0.255. The van der Waals surface area contributed by atoms with Crippen molar-refractivity contribution >= 4 is 22.7 Å². The summed E-state index contributed by atoms with van der Waals surface area (Å²) in [6.45, 7) is 4.67. The van der Waals surface area contributed by atoms with Gasteiger partial charge < -0.3 is 0 Å². The van der Waals surface area contributed by atoms with E-state index in [1.807, 2.05) is 28.3 Å². The molecule has 2 aliphatic rings. The molecule has 2 aliphatic heterocycles. The molecule has 4 aromatic heterocycles. The predicted molar refractivity (Wildman–Crippen MR) is 162 cm³/mol. The standard InChI is InChI=1S/C15H13F2N5S.C15H15N5S/c16-10-3-4-13(17)12(8-10)14-15-18-19-20-22(15)6-5-21(14)9-11-2-1-7-23-11;1-2-5-12(6-3-1)14-15-16-17-18-20(15)9-8-19(14)11-13-7-4-10-21-13/h1-4,7-8,14H,5-6,9H2;1-7,10,14H,8-9,11H2. The van der Waals surface area contributed by atoms with E-state index in [1.165, 1.54) is 16.5 Å². The zero-order chi connectivity index (χ0) is 29.9. The summed E-state index contributed by atoms with van der Waals surface area (Å²) in [5.41, 5.74) is 1.50. The molecule has 6 aromatic rings. The number of hydrogen-bond donors (Lipinski definition) is 0. The largest absolute Gasteiger partial charge is 0.283 e. The van der Waals surface area contributed by atoms with E-state index in [1.54, 1.807) is 27.4 Å². The van der Waals surface area contributed by atoms with Gasteiger partial charge in [0.1, 0.15) is 17.7 Å². The third-order valence-corrected chi connectivity index (χ3v) is 9.50. The van der Waals surface area contributed by atoms with Crippen LogP contribution in [0.2, 0.25) is 0 Å². The molecular weight excluding hydrogens is 603 g/mol. The van der Waals surface area contributed by atoms with E-state index >= 15 is 0 Å². The van der Waals surface area contributed by atoms with Crippen LogP contribution < -0.4 is 0 Å². The number of nitrogens with zero attached hydrogens (tertiary/aromatic N) is 10. The number of rotatable bonds is 6. The van der Waals surface area contributed by atoms with E-state index in [-0.39, 0.29) is 11.6 Å². The molecule has 2 aromatic carbocycles. The first-order valence-electron chi connectivity index (χ1n) is 14.2. The Bertz CT molecular complexity index is 1790. The van der Waals surface area contributed by atoms with Crippen molar-refractivity contribution in [3.05, 3.63) is 128 Å². The summed E-state index contributed by atoms with van der Waals surface area (Å²) in [4.78, 5) is 7.06. The van der Waals surface area contributed by atoms with Crippen LogP contribution in [-0.4, -0.2) is 63.3 Å².